The first-order valence-electron chi connectivity index (χ1n) is 8.28. The highest BCUT2D eigenvalue weighted by Gasteiger charge is 2.55. The number of carbonyl (C=O) groups is 1. The third-order valence-electron chi connectivity index (χ3n) is 5.10. The molecule has 2 N–H and O–H groups in total. The molecule has 0 aromatic rings. The molecule has 1 amide bonds. The van der Waals surface area contributed by atoms with Crippen LogP contribution in [0.2, 0.25) is 0 Å². The molecule has 5 heteroatoms. The zero-order valence-corrected chi connectivity index (χ0v) is 14.3. The lowest BCUT2D eigenvalue weighted by molar-refractivity contribution is -0.157. The van der Waals surface area contributed by atoms with Crippen molar-refractivity contribution in [1.82, 2.24) is 10.6 Å². The molecular formula is C16H31ClN2O2. The number of amides is 1. The minimum absolute atomic E-state index is 0. The number of halogens is 1. The fourth-order valence-electron chi connectivity index (χ4n) is 3.96. The third kappa shape index (κ3) is 4.33. The SMILES string of the molecule is CCOC1CC(NC(=O)CCCNC)C12CCCCC2.Cl. The van der Waals surface area contributed by atoms with Gasteiger partial charge in [-0.2, -0.15) is 0 Å². The lowest BCUT2D eigenvalue weighted by Crippen LogP contribution is -2.65. The van der Waals surface area contributed by atoms with Gasteiger partial charge in [-0.3, -0.25) is 4.79 Å². The molecule has 2 aliphatic carbocycles. The summed E-state index contributed by atoms with van der Waals surface area (Å²) in [6.07, 6.45) is 9.28. The van der Waals surface area contributed by atoms with Crippen LogP contribution in [0, 0.1) is 5.41 Å². The standard InChI is InChI=1S/C16H30N2O2.ClH/c1-3-20-14-12-13(16(14)9-5-4-6-10-16)18-15(19)8-7-11-17-2;/h13-14,17H,3-12H2,1-2H3,(H,18,19);1H. The molecule has 2 saturated carbocycles. The van der Waals surface area contributed by atoms with Crippen LogP contribution in [0.25, 0.3) is 0 Å². The zero-order chi connectivity index (χ0) is 14.4. The zero-order valence-electron chi connectivity index (χ0n) is 13.5. The highest BCUT2D eigenvalue weighted by molar-refractivity contribution is 5.85. The second-order valence-corrected chi connectivity index (χ2v) is 6.30. The van der Waals surface area contributed by atoms with E-state index in [1.807, 2.05) is 7.05 Å². The van der Waals surface area contributed by atoms with Crippen LogP contribution in [-0.2, 0) is 9.53 Å². The second-order valence-electron chi connectivity index (χ2n) is 6.30. The monoisotopic (exact) mass is 318 g/mol. The van der Waals surface area contributed by atoms with Gasteiger partial charge < -0.3 is 15.4 Å². The molecule has 2 aliphatic rings. The van der Waals surface area contributed by atoms with Crippen LogP contribution in [0.4, 0.5) is 0 Å². The van der Waals surface area contributed by atoms with Gasteiger partial charge in [0.2, 0.25) is 5.91 Å². The molecule has 0 heterocycles. The van der Waals surface area contributed by atoms with Gasteiger partial charge in [-0.15, -0.1) is 12.4 Å². The van der Waals surface area contributed by atoms with Crippen molar-refractivity contribution in [3.8, 4) is 0 Å². The molecule has 0 aliphatic heterocycles. The average Bonchev–Trinajstić information content (AvgIpc) is 2.47. The summed E-state index contributed by atoms with van der Waals surface area (Å²) in [6, 6.07) is 0.349. The van der Waals surface area contributed by atoms with Crippen LogP contribution in [0.1, 0.15) is 58.3 Å². The maximum atomic E-state index is 12.0. The predicted octanol–water partition coefficient (Wildman–Crippen LogP) is 2.65. The molecule has 0 saturated heterocycles. The van der Waals surface area contributed by atoms with Crippen LogP contribution in [0.5, 0.6) is 0 Å². The van der Waals surface area contributed by atoms with Crippen molar-refractivity contribution in [3.63, 3.8) is 0 Å². The van der Waals surface area contributed by atoms with E-state index in [0.29, 0.717) is 18.6 Å². The van der Waals surface area contributed by atoms with Crippen molar-refractivity contribution in [2.24, 2.45) is 5.41 Å². The van der Waals surface area contributed by atoms with E-state index in [9.17, 15) is 4.79 Å². The number of rotatable bonds is 7. The summed E-state index contributed by atoms with van der Waals surface area (Å²) in [5, 5.41) is 6.36. The van der Waals surface area contributed by atoms with E-state index in [1.54, 1.807) is 0 Å². The van der Waals surface area contributed by atoms with Crippen LogP contribution in [-0.4, -0.2) is 38.3 Å². The Hall–Kier alpha value is -0.320. The average molecular weight is 319 g/mol. The van der Waals surface area contributed by atoms with Crippen molar-refractivity contribution in [2.75, 3.05) is 20.2 Å². The lowest BCUT2D eigenvalue weighted by atomic mass is 9.55. The maximum Gasteiger partial charge on any atom is 0.220 e. The van der Waals surface area contributed by atoms with Gasteiger partial charge in [0, 0.05) is 24.5 Å². The van der Waals surface area contributed by atoms with Gasteiger partial charge in [0.15, 0.2) is 0 Å². The predicted molar refractivity (Wildman–Crippen MR) is 87.9 cm³/mol. The molecule has 21 heavy (non-hydrogen) atoms. The Morgan fingerprint density at radius 3 is 2.62 bits per heavy atom. The van der Waals surface area contributed by atoms with Crippen LogP contribution >= 0.6 is 12.4 Å². The molecular weight excluding hydrogens is 288 g/mol. The van der Waals surface area contributed by atoms with Crippen molar-refractivity contribution >= 4 is 18.3 Å². The van der Waals surface area contributed by atoms with E-state index in [0.717, 1.165) is 26.0 Å². The molecule has 124 valence electrons. The summed E-state index contributed by atoms with van der Waals surface area (Å²) >= 11 is 0. The van der Waals surface area contributed by atoms with Crippen molar-refractivity contribution in [2.45, 2.75) is 70.4 Å². The fourth-order valence-corrected chi connectivity index (χ4v) is 3.96. The van der Waals surface area contributed by atoms with E-state index in [-0.39, 0.29) is 23.7 Å². The molecule has 0 aromatic heterocycles. The molecule has 0 aromatic carbocycles. The number of nitrogens with one attached hydrogen (secondary N) is 2. The van der Waals surface area contributed by atoms with Gasteiger partial charge in [-0.25, -0.2) is 0 Å². The number of ether oxygens (including phenoxy) is 1. The lowest BCUT2D eigenvalue weighted by Gasteiger charge is -2.57. The summed E-state index contributed by atoms with van der Waals surface area (Å²) < 4.78 is 5.92. The molecule has 0 bridgehead atoms. The van der Waals surface area contributed by atoms with Gasteiger partial charge in [0.1, 0.15) is 0 Å². The smallest absolute Gasteiger partial charge is 0.220 e. The molecule has 2 atom stereocenters. The van der Waals surface area contributed by atoms with E-state index in [1.165, 1.54) is 32.1 Å². The first-order valence-corrected chi connectivity index (χ1v) is 8.28. The Morgan fingerprint density at radius 2 is 2.00 bits per heavy atom. The number of carbonyl (C=O) groups excluding carboxylic acids is 1. The van der Waals surface area contributed by atoms with E-state index in [2.05, 4.69) is 17.6 Å². The second kappa shape index (κ2) is 8.96. The summed E-state index contributed by atoms with van der Waals surface area (Å²) in [7, 11) is 1.92. The quantitative estimate of drug-likeness (QED) is 0.710. The maximum absolute atomic E-state index is 12.0. The van der Waals surface area contributed by atoms with Gasteiger partial charge in [-0.1, -0.05) is 19.3 Å². The summed E-state index contributed by atoms with van der Waals surface area (Å²) in [4.78, 5) is 12.0. The minimum atomic E-state index is 0. The molecule has 2 fully saturated rings. The normalized spacial score (nSPS) is 26.8. The highest BCUT2D eigenvalue weighted by atomic mass is 35.5. The highest BCUT2D eigenvalue weighted by Crippen LogP contribution is 2.53. The van der Waals surface area contributed by atoms with Crippen LogP contribution in [0.3, 0.4) is 0 Å². The van der Waals surface area contributed by atoms with Crippen molar-refractivity contribution in [3.05, 3.63) is 0 Å². The summed E-state index contributed by atoms with van der Waals surface area (Å²) in [5.41, 5.74) is 0.243. The van der Waals surface area contributed by atoms with Crippen LogP contribution in [0.15, 0.2) is 0 Å². The summed E-state index contributed by atoms with van der Waals surface area (Å²) in [5.74, 6) is 0.213. The van der Waals surface area contributed by atoms with Gasteiger partial charge in [0.25, 0.3) is 0 Å². The van der Waals surface area contributed by atoms with Crippen LogP contribution < -0.4 is 10.6 Å². The molecule has 2 rings (SSSR count). The Bertz CT molecular complexity index is 319. The Kier molecular flexibility index (Phi) is 7.99. The van der Waals surface area contributed by atoms with E-state index >= 15 is 0 Å². The third-order valence-corrected chi connectivity index (χ3v) is 5.10. The van der Waals surface area contributed by atoms with E-state index in [4.69, 9.17) is 4.74 Å². The first kappa shape index (κ1) is 18.7. The molecule has 4 nitrogen and oxygen atoms in total. The fraction of sp³-hybridized carbons (Fsp3) is 0.938. The van der Waals surface area contributed by atoms with Crippen molar-refractivity contribution in [1.29, 1.82) is 0 Å². The molecule has 1 spiro atoms. The Balaban J connectivity index is 0.00000220. The van der Waals surface area contributed by atoms with Crippen molar-refractivity contribution < 1.29 is 9.53 Å². The number of hydrogen-bond donors (Lipinski definition) is 2. The van der Waals surface area contributed by atoms with E-state index < -0.39 is 0 Å². The van der Waals surface area contributed by atoms with Gasteiger partial charge in [0.05, 0.1) is 6.10 Å². The largest absolute Gasteiger partial charge is 0.378 e. The summed E-state index contributed by atoms with van der Waals surface area (Å²) in [6.45, 7) is 3.76. The first-order chi connectivity index (χ1) is 9.73. The Morgan fingerprint density at radius 1 is 1.29 bits per heavy atom. The van der Waals surface area contributed by atoms with Gasteiger partial charge >= 0.3 is 0 Å². The Labute approximate surface area is 135 Å². The molecule has 0 radical (unpaired) electrons. The number of hydrogen-bond acceptors (Lipinski definition) is 3. The van der Waals surface area contributed by atoms with Gasteiger partial charge in [-0.05, 0) is 46.2 Å². The molecule has 2 unspecified atom stereocenters. The topological polar surface area (TPSA) is 50.4 Å². The minimum Gasteiger partial charge on any atom is -0.378 e.